The lowest BCUT2D eigenvalue weighted by Gasteiger charge is -2.24. The maximum atomic E-state index is 4.74. The molecule has 0 spiro atoms. The van der Waals surface area contributed by atoms with Gasteiger partial charge in [0.05, 0.1) is 0 Å². The van der Waals surface area contributed by atoms with Crippen LogP contribution in [0.25, 0.3) is 0 Å². The summed E-state index contributed by atoms with van der Waals surface area (Å²) in [6.07, 6.45) is 13.8. The van der Waals surface area contributed by atoms with Gasteiger partial charge in [-0.1, -0.05) is 32.1 Å². The fourth-order valence-electron chi connectivity index (χ4n) is 3.32. The van der Waals surface area contributed by atoms with Crippen molar-refractivity contribution in [2.75, 3.05) is 23.3 Å². The molecule has 0 unspecified atom stereocenters. The first kappa shape index (κ1) is 13.7. The molecule has 1 saturated heterocycles. The molecule has 20 heavy (non-hydrogen) atoms. The van der Waals surface area contributed by atoms with E-state index in [0.717, 1.165) is 24.9 Å². The van der Waals surface area contributed by atoms with Gasteiger partial charge in [-0.3, -0.25) is 0 Å². The third-order valence-electron chi connectivity index (χ3n) is 4.51. The monoisotopic (exact) mass is 274 g/mol. The lowest BCUT2D eigenvalue weighted by Crippen LogP contribution is -2.27. The van der Waals surface area contributed by atoms with Crippen LogP contribution in [0.5, 0.6) is 0 Å². The summed E-state index contributed by atoms with van der Waals surface area (Å²) in [5, 5.41) is 3.53. The highest BCUT2D eigenvalue weighted by molar-refractivity contribution is 5.42. The molecule has 1 aliphatic heterocycles. The highest BCUT2D eigenvalue weighted by Gasteiger charge is 2.15. The third kappa shape index (κ3) is 3.62. The van der Waals surface area contributed by atoms with Crippen molar-refractivity contribution in [1.29, 1.82) is 0 Å². The average Bonchev–Trinajstić information content (AvgIpc) is 2.78. The fraction of sp³-hybridized carbons (Fsp3) is 0.750. The van der Waals surface area contributed by atoms with Gasteiger partial charge >= 0.3 is 0 Å². The van der Waals surface area contributed by atoms with Crippen molar-refractivity contribution in [3.63, 3.8) is 0 Å². The summed E-state index contributed by atoms with van der Waals surface area (Å²) in [5.74, 6) is 1.92. The Morgan fingerprint density at radius 1 is 0.950 bits per heavy atom. The Balaban J connectivity index is 1.65. The lowest BCUT2D eigenvalue weighted by atomic mass is 9.96. The summed E-state index contributed by atoms with van der Waals surface area (Å²) in [7, 11) is 0. The minimum Gasteiger partial charge on any atom is -0.356 e. The van der Waals surface area contributed by atoms with E-state index in [1.807, 2.05) is 6.20 Å². The second-order valence-electron chi connectivity index (χ2n) is 6.12. The van der Waals surface area contributed by atoms with Crippen LogP contribution in [-0.4, -0.2) is 29.1 Å². The predicted octanol–water partition coefficient (Wildman–Crippen LogP) is 3.60. The second-order valence-corrected chi connectivity index (χ2v) is 6.12. The first-order chi connectivity index (χ1) is 9.92. The normalized spacial score (nSPS) is 21.5. The van der Waals surface area contributed by atoms with Gasteiger partial charge in [-0.25, -0.2) is 4.98 Å². The first-order valence-corrected chi connectivity index (χ1v) is 8.26. The zero-order valence-corrected chi connectivity index (χ0v) is 12.4. The zero-order chi connectivity index (χ0) is 13.6. The van der Waals surface area contributed by atoms with E-state index in [-0.39, 0.29) is 0 Å². The summed E-state index contributed by atoms with van der Waals surface area (Å²) >= 11 is 0. The Labute approximate surface area is 122 Å². The maximum absolute atomic E-state index is 4.74. The van der Waals surface area contributed by atoms with E-state index in [4.69, 9.17) is 4.98 Å². The van der Waals surface area contributed by atoms with Crippen LogP contribution >= 0.6 is 0 Å². The Bertz CT molecular complexity index is 407. The van der Waals surface area contributed by atoms with Crippen LogP contribution in [0.15, 0.2) is 12.3 Å². The van der Waals surface area contributed by atoms with Crippen molar-refractivity contribution in [1.82, 2.24) is 9.97 Å². The molecule has 2 fully saturated rings. The molecule has 4 nitrogen and oxygen atoms in total. The summed E-state index contributed by atoms with van der Waals surface area (Å²) in [6, 6.07) is 2.63. The Morgan fingerprint density at radius 3 is 2.40 bits per heavy atom. The number of nitrogens with zero attached hydrogens (tertiary/aromatic N) is 3. The minimum atomic E-state index is 0.572. The molecule has 1 aromatic rings. The summed E-state index contributed by atoms with van der Waals surface area (Å²) < 4.78 is 0. The van der Waals surface area contributed by atoms with Gasteiger partial charge in [0.15, 0.2) is 0 Å². The van der Waals surface area contributed by atoms with Crippen LogP contribution in [0, 0.1) is 0 Å². The standard InChI is InChI=1S/C16H26N4/c1-2-7-13-20(12-6-1)15-10-11-17-16(19-15)18-14-8-4-3-5-9-14/h10-11,14H,1-9,12-13H2,(H,17,18,19). The highest BCUT2D eigenvalue weighted by atomic mass is 15.2. The van der Waals surface area contributed by atoms with Gasteiger partial charge in [0.2, 0.25) is 5.95 Å². The molecule has 1 aliphatic carbocycles. The molecule has 0 bridgehead atoms. The van der Waals surface area contributed by atoms with Crippen molar-refractivity contribution < 1.29 is 0 Å². The zero-order valence-electron chi connectivity index (χ0n) is 12.4. The maximum Gasteiger partial charge on any atom is 0.224 e. The van der Waals surface area contributed by atoms with E-state index in [0.29, 0.717) is 6.04 Å². The number of aromatic nitrogens is 2. The Kier molecular flexibility index (Phi) is 4.72. The van der Waals surface area contributed by atoms with Gasteiger partial charge in [0, 0.05) is 25.3 Å². The topological polar surface area (TPSA) is 41.1 Å². The van der Waals surface area contributed by atoms with Gasteiger partial charge < -0.3 is 10.2 Å². The molecule has 1 aromatic heterocycles. The third-order valence-corrected chi connectivity index (χ3v) is 4.51. The Morgan fingerprint density at radius 2 is 1.65 bits per heavy atom. The summed E-state index contributed by atoms with van der Waals surface area (Å²) in [6.45, 7) is 2.28. The molecule has 1 N–H and O–H groups in total. The van der Waals surface area contributed by atoms with E-state index in [1.165, 1.54) is 57.8 Å². The molecule has 2 aliphatic rings. The molecule has 4 heteroatoms. The molecular formula is C16H26N4. The molecule has 3 rings (SSSR count). The molecule has 0 atom stereocenters. The quantitative estimate of drug-likeness (QED) is 0.914. The molecule has 110 valence electrons. The molecule has 0 aromatic carbocycles. The van der Waals surface area contributed by atoms with Gasteiger partial charge in [-0.15, -0.1) is 0 Å². The van der Waals surface area contributed by atoms with E-state index in [9.17, 15) is 0 Å². The van der Waals surface area contributed by atoms with Crippen LogP contribution in [0.1, 0.15) is 57.8 Å². The van der Waals surface area contributed by atoms with Gasteiger partial charge in [-0.2, -0.15) is 4.98 Å². The molecule has 1 saturated carbocycles. The van der Waals surface area contributed by atoms with E-state index < -0.39 is 0 Å². The first-order valence-electron chi connectivity index (χ1n) is 8.26. The van der Waals surface area contributed by atoms with E-state index in [1.54, 1.807) is 0 Å². The van der Waals surface area contributed by atoms with E-state index >= 15 is 0 Å². The smallest absolute Gasteiger partial charge is 0.224 e. The van der Waals surface area contributed by atoms with Crippen LogP contribution in [0.3, 0.4) is 0 Å². The number of hydrogen-bond acceptors (Lipinski definition) is 4. The van der Waals surface area contributed by atoms with Crippen molar-refractivity contribution in [3.8, 4) is 0 Å². The fourth-order valence-corrected chi connectivity index (χ4v) is 3.32. The summed E-state index contributed by atoms with van der Waals surface area (Å²) in [5.41, 5.74) is 0. The predicted molar refractivity (Wildman–Crippen MR) is 83.2 cm³/mol. The molecular weight excluding hydrogens is 248 g/mol. The van der Waals surface area contributed by atoms with Crippen LogP contribution < -0.4 is 10.2 Å². The molecule has 0 radical (unpaired) electrons. The minimum absolute atomic E-state index is 0.572. The van der Waals surface area contributed by atoms with Gasteiger partial charge in [-0.05, 0) is 31.7 Å². The largest absolute Gasteiger partial charge is 0.356 e. The summed E-state index contributed by atoms with van der Waals surface area (Å²) in [4.78, 5) is 11.6. The SMILES string of the molecule is c1cc(N2CCCCCC2)nc(NC2CCCCC2)n1. The van der Waals surface area contributed by atoms with Gasteiger partial charge in [0.25, 0.3) is 0 Å². The number of anilines is 2. The number of rotatable bonds is 3. The van der Waals surface area contributed by atoms with Crippen molar-refractivity contribution in [2.45, 2.75) is 63.8 Å². The van der Waals surface area contributed by atoms with Crippen LogP contribution in [-0.2, 0) is 0 Å². The number of hydrogen-bond donors (Lipinski definition) is 1. The van der Waals surface area contributed by atoms with Crippen LogP contribution in [0.4, 0.5) is 11.8 Å². The molecule has 2 heterocycles. The second kappa shape index (κ2) is 6.91. The Hall–Kier alpha value is -1.32. The van der Waals surface area contributed by atoms with Crippen LogP contribution in [0.2, 0.25) is 0 Å². The van der Waals surface area contributed by atoms with Crippen molar-refractivity contribution in [3.05, 3.63) is 12.3 Å². The number of nitrogens with one attached hydrogen (secondary N) is 1. The van der Waals surface area contributed by atoms with Crippen molar-refractivity contribution in [2.24, 2.45) is 0 Å². The van der Waals surface area contributed by atoms with Crippen molar-refractivity contribution >= 4 is 11.8 Å². The highest BCUT2D eigenvalue weighted by Crippen LogP contribution is 2.22. The lowest BCUT2D eigenvalue weighted by molar-refractivity contribution is 0.461. The average molecular weight is 274 g/mol. The van der Waals surface area contributed by atoms with Gasteiger partial charge in [0.1, 0.15) is 5.82 Å². The van der Waals surface area contributed by atoms with E-state index in [2.05, 4.69) is 21.3 Å². The molecule has 0 amide bonds.